The quantitative estimate of drug-likeness (QED) is 0.878. The maximum atomic E-state index is 5.79. The lowest BCUT2D eigenvalue weighted by Gasteiger charge is -2.28. The largest absolute Gasteiger partial charge is 0.339 e. The molecule has 0 amide bonds. The normalized spacial score (nSPS) is 13.4. The SMILES string of the molecule is CCC(CC)(c1ccccc1)c1noc(CC(C)N)n1. The van der Waals surface area contributed by atoms with Crippen molar-refractivity contribution in [1.82, 2.24) is 10.1 Å². The molecule has 4 heteroatoms. The third-order valence-corrected chi connectivity index (χ3v) is 3.93. The van der Waals surface area contributed by atoms with Crippen LogP contribution in [-0.2, 0) is 11.8 Å². The summed E-state index contributed by atoms with van der Waals surface area (Å²) in [5.74, 6) is 1.39. The van der Waals surface area contributed by atoms with Crippen LogP contribution in [0, 0.1) is 0 Å². The second-order valence-electron chi connectivity index (χ2n) is 5.35. The van der Waals surface area contributed by atoms with E-state index in [0.29, 0.717) is 12.3 Å². The number of aromatic nitrogens is 2. The van der Waals surface area contributed by atoms with Gasteiger partial charge in [-0.05, 0) is 25.3 Å². The van der Waals surface area contributed by atoms with E-state index in [1.807, 2.05) is 13.0 Å². The zero-order chi connectivity index (χ0) is 14.6. The van der Waals surface area contributed by atoms with Crippen LogP contribution in [-0.4, -0.2) is 16.2 Å². The van der Waals surface area contributed by atoms with Crippen molar-refractivity contribution in [3.8, 4) is 0 Å². The predicted octanol–water partition coefficient (Wildman–Crippen LogP) is 3.07. The summed E-state index contributed by atoms with van der Waals surface area (Å²) in [5, 5.41) is 4.22. The van der Waals surface area contributed by atoms with Crippen LogP contribution >= 0.6 is 0 Å². The lowest BCUT2D eigenvalue weighted by atomic mass is 9.75. The monoisotopic (exact) mass is 273 g/mol. The zero-order valence-electron chi connectivity index (χ0n) is 12.5. The highest BCUT2D eigenvalue weighted by molar-refractivity contribution is 5.32. The molecule has 1 heterocycles. The minimum Gasteiger partial charge on any atom is -0.339 e. The lowest BCUT2D eigenvalue weighted by molar-refractivity contribution is 0.349. The van der Waals surface area contributed by atoms with Crippen LogP contribution in [0.5, 0.6) is 0 Å². The number of rotatable bonds is 6. The van der Waals surface area contributed by atoms with Crippen molar-refractivity contribution >= 4 is 0 Å². The zero-order valence-corrected chi connectivity index (χ0v) is 12.5. The van der Waals surface area contributed by atoms with E-state index in [9.17, 15) is 0 Å². The Morgan fingerprint density at radius 1 is 1.20 bits per heavy atom. The Morgan fingerprint density at radius 3 is 2.40 bits per heavy atom. The Kier molecular flexibility index (Phi) is 4.55. The van der Waals surface area contributed by atoms with Crippen molar-refractivity contribution in [2.75, 3.05) is 0 Å². The molecule has 2 N–H and O–H groups in total. The van der Waals surface area contributed by atoms with E-state index in [4.69, 9.17) is 10.3 Å². The van der Waals surface area contributed by atoms with Gasteiger partial charge in [0.05, 0.1) is 5.41 Å². The van der Waals surface area contributed by atoms with E-state index >= 15 is 0 Å². The fraction of sp³-hybridized carbons (Fsp3) is 0.500. The number of hydrogen-bond donors (Lipinski definition) is 1. The summed E-state index contributed by atoms with van der Waals surface area (Å²) < 4.78 is 5.37. The van der Waals surface area contributed by atoms with E-state index in [-0.39, 0.29) is 11.5 Å². The Labute approximate surface area is 120 Å². The molecule has 1 aromatic heterocycles. The Morgan fingerprint density at radius 2 is 1.85 bits per heavy atom. The molecule has 2 rings (SSSR count). The molecule has 0 aliphatic heterocycles. The van der Waals surface area contributed by atoms with E-state index < -0.39 is 0 Å². The van der Waals surface area contributed by atoms with Crippen molar-refractivity contribution in [3.05, 3.63) is 47.6 Å². The standard InChI is InChI=1S/C16H23N3O/c1-4-16(5-2,13-9-7-6-8-10-13)15-18-14(20-19-15)11-12(3)17/h6-10,12H,4-5,11,17H2,1-3H3. The van der Waals surface area contributed by atoms with Gasteiger partial charge in [0.1, 0.15) is 0 Å². The van der Waals surface area contributed by atoms with Crippen LogP contribution in [0.15, 0.2) is 34.9 Å². The Bertz CT molecular complexity index is 530. The fourth-order valence-corrected chi connectivity index (χ4v) is 2.67. The molecule has 2 aromatic rings. The molecule has 0 spiro atoms. The first-order valence-electron chi connectivity index (χ1n) is 7.26. The molecule has 0 radical (unpaired) electrons. The van der Waals surface area contributed by atoms with Gasteiger partial charge in [-0.15, -0.1) is 0 Å². The van der Waals surface area contributed by atoms with Gasteiger partial charge in [0, 0.05) is 12.5 Å². The highest BCUT2D eigenvalue weighted by Crippen LogP contribution is 2.36. The average Bonchev–Trinajstić information content (AvgIpc) is 2.90. The summed E-state index contributed by atoms with van der Waals surface area (Å²) in [4.78, 5) is 4.58. The number of hydrogen-bond acceptors (Lipinski definition) is 4. The van der Waals surface area contributed by atoms with Gasteiger partial charge in [0.25, 0.3) is 0 Å². The summed E-state index contributed by atoms with van der Waals surface area (Å²) in [6, 6.07) is 10.4. The smallest absolute Gasteiger partial charge is 0.228 e. The molecule has 0 saturated heterocycles. The molecule has 1 aromatic carbocycles. The molecule has 0 aliphatic rings. The van der Waals surface area contributed by atoms with Crippen LogP contribution in [0.3, 0.4) is 0 Å². The second-order valence-corrected chi connectivity index (χ2v) is 5.35. The van der Waals surface area contributed by atoms with Crippen molar-refractivity contribution in [3.63, 3.8) is 0 Å². The van der Waals surface area contributed by atoms with Gasteiger partial charge in [0.15, 0.2) is 5.82 Å². The third kappa shape index (κ3) is 2.75. The van der Waals surface area contributed by atoms with Crippen molar-refractivity contribution in [2.24, 2.45) is 5.73 Å². The van der Waals surface area contributed by atoms with E-state index in [0.717, 1.165) is 18.7 Å². The van der Waals surface area contributed by atoms with Crippen molar-refractivity contribution in [2.45, 2.75) is 51.5 Å². The van der Waals surface area contributed by atoms with Gasteiger partial charge in [-0.3, -0.25) is 0 Å². The van der Waals surface area contributed by atoms with Crippen molar-refractivity contribution < 1.29 is 4.52 Å². The molecule has 0 aliphatic carbocycles. The topological polar surface area (TPSA) is 64.9 Å². The molecular formula is C16H23N3O. The van der Waals surface area contributed by atoms with E-state index in [1.54, 1.807) is 0 Å². The van der Waals surface area contributed by atoms with Crippen LogP contribution in [0.2, 0.25) is 0 Å². The molecule has 20 heavy (non-hydrogen) atoms. The summed E-state index contributed by atoms with van der Waals surface area (Å²) in [6.45, 7) is 6.27. The van der Waals surface area contributed by atoms with E-state index in [2.05, 4.69) is 48.3 Å². The van der Waals surface area contributed by atoms with Gasteiger partial charge >= 0.3 is 0 Å². The fourth-order valence-electron chi connectivity index (χ4n) is 2.67. The van der Waals surface area contributed by atoms with Crippen LogP contribution in [0.1, 0.15) is 50.9 Å². The maximum Gasteiger partial charge on any atom is 0.228 e. The molecule has 1 unspecified atom stereocenters. The lowest BCUT2D eigenvalue weighted by Crippen LogP contribution is -2.27. The number of nitrogens with two attached hydrogens (primary N) is 1. The molecule has 4 nitrogen and oxygen atoms in total. The van der Waals surface area contributed by atoms with Gasteiger partial charge < -0.3 is 10.3 Å². The minimum atomic E-state index is -0.180. The molecular weight excluding hydrogens is 250 g/mol. The Hall–Kier alpha value is -1.68. The van der Waals surface area contributed by atoms with Crippen molar-refractivity contribution in [1.29, 1.82) is 0 Å². The summed E-state index contributed by atoms with van der Waals surface area (Å²) >= 11 is 0. The molecule has 108 valence electrons. The highest BCUT2D eigenvalue weighted by Gasteiger charge is 2.35. The summed E-state index contributed by atoms with van der Waals surface area (Å²) in [7, 11) is 0. The third-order valence-electron chi connectivity index (χ3n) is 3.93. The second kappa shape index (κ2) is 6.18. The molecule has 0 bridgehead atoms. The van der Waals surface area contributed by atoms with Crippen LogP contribution in [0.4, 0.5) is 0 Å². The first kappa shape index (κ1) is 14.7. The van der Waals surface area contributed by atoms with Gasteiger partial charge in [-0.2, -0.15) is 4.98 Å². The highest BCUT2D eigenvalue weighted by atomic mass is 16.5. The molecule has 1 atom stereocenters. The predicted molar refractivity (Wildman–Crippen MR) is 79.5 cm³/mol. The number of nitrogens with zero attached hydrogens (tertiary/aromatic N) is 2. The summed E-state index contributed by atoms with van der Waals surface area (Å²) in [5.41, 5.74) is 6.85. The van der Waals surface area contributed by atoms with Crippen LogP contribution < -0.4 is 5.73 Å². The van der Waals surface area contributed by atoms with Crippen LogP contribution in [0.25, 0.3) is 0 Å². The minimum absolute atomic E-state index is 0.0256. The number of benzene rings is 1. The van der Waals surface area contributed by atoms with E-state index in [1.165, 1.54) is 5.56 Å². The van der Waals surface area contributed by atoms with Gasteiger partial charge in [-0.25, -0.2) is 0 Å². The van der Waals surface area contributed by atoms with Gasteiger partial charge in [-0.1, -0.05) is 49.3 Å². The molecule has 0 saturated carbocycles. The first-order chi connectivity index (χ1) is 9.62. The average molecular weight is 273 g/mol. The van der Waals surface area contributed by atoms with Gasteiger partial charge in [0.2, 0.25) is 5.89 Å². The summed E-state index contributed by atoms with van der Waals surface area (Å²) in [6.07, 6.45) is 2.49. The Balaban J connectivity index is 2.40. The molecule has 0 fully saturated rings. The first-order valence-corrected chi connectivity index (χ1v) is 7.26. The maximum absolute atomic E-state index is 5.79.